The van der Waals surface area contributed by atoms with E-state index in [1.54, 1.807) is 23.9 Å². The average Bonchev–Trinajstić information content (AvgIpc) is 2.51. The van der Waals surface area contributed by atoms with Crippen molar-refractivity contribution in [2.75, 3.05) is 11.4 Å². The van der Waals surface area contributed by atoms with Gasteiger partial charge in [0.15, 0.2) is 6.29 Å². The number of phenolic OH excluding ortho intramolecular Hbond substituents is 1. The van der Waals surface area contributed by atoms with Crippen molar-refractivity contribution in [3.8, 4) is 5.75 Å². The zero-order valence-electron chi connectivity index (χ0n) is 11.9. The van der Waals surface area contributed by atoms with Crippen molar-refractivity contribution in [1.29, 1.82) is 0 Å². The molecule has 108 valence electrons. The maximum Gasteiger partial charge on any atom is 0.153 e. The van der Waals surface area contributed by atoms with Crippen molar-refractivity contribution in [3.63, 3.8) is 0 Å². The Balaban J connectivity index is 2.12. The zero-order chi connectivity index (χ0) is 14.8. The number of rotatable bonds is 4. The molecule has 1 aliphatic heterocycles. The number of benzene rings is 2. The lowest BCUT2D eigenvalue weighted by molar-refractivity contribution is 0.112. The third-order valence-corrected chi connectivity index (χ3v) is 4.75. The molecule has 1 N–H and O–H groups in total. The van der Waals surface area contributed by atoms with Crippen molar-refractivity contribution in [2.45, 2.75) is 29.6 Å². The zero-order valence-corrected chi connectivity index (χ0v) is 12.7. The van der Waals surface area contributed by atoms with Crippen LogP contribution in [0.5, 0.6) is 5.75 Å². The van der Waals surface area contributed by atoms with Gasteiger partial charge in [0.05, 0.1) is 16.9 Å². The first kappa shape index (κ1) is 14.0. The number of hydrogen-bond acceptors (Lipinski definition) is 4. The van der Waals surface area contributed by atoms with Crippen LogP contribution in [0, 0.1) is 0 Å². The van der Waals surface area contributed by atoms with Crippen LogP contribution in [0.25, 0.3) is 0 Å². The number of nitrogens with zero attached hydrogens (tertiary/aromatic N) is 1. The summed E-state index contributed by atoms with van der Waals surface area (Å²) in [6, 6.07) is 11.7. The first-order valence-corrected chi connectivity index (χ1v) is 7.93. The van der Waals surface area contributed by atoms with Crippen LogP contribution in [0.15, 0.2) is 46.2 Å². The Bertz CT molecular complexity index is 684. The Morgan fingerprint density at radius 1 is 1.19 bits per heavy atom. The van der Waals surface area contributed by atoms with Crippen LogP contribution in [0.4, 0.5) is 11.4 Å². The van der Waals surface area contributed by atoms with Crippen LogP contribution in [-0.2, 0) is 0 Å². The highest BCUT2D eigenvalue weighted by Crippen LogP contribution is 2.49. The number of para-hydroxylation sites is 1. The minimum absolute atomic E-state index is 0.0465. The Hall–Kier alpha value is -1.94. The molecule has 0 bridgehead atoms. The third kappa shape index (κ3) is 2.51. The maximum atomic E-state index is 11.0. The molecule has 0 fully saturated rings. The standard InChI is InChI=1S/C17H17NO2S/c1-2-3-8-18-13-6-4-5-7-16(13)21-17-9-12(11-19)15(20)10-14(17)18/h4-7,9-11,20H,2-3,8H2,1H3. The summed E-state index contributed by atoms with van der Waals surface area (Å²) >= 11 is 1.65. The van der Waals surface area contributed by atoms with E-state index in [2.05, 4.69) is 24.0 Å². The number of carbonyl (C=O) groups excluding carboxylic acids is 1. The summed E-state index contributed by atoms with van der Waals surface area (Å²) in [5, 5.41) is 9.99. The summed E-state index contributed by atoms with van der Waals surface area (Å²) < 4.78 is 0. The molecule has 0 spiro atoms. The molecule has 2 aromatic carbocycles. The number of aldehydes is 1. The van der Waals surface area contributed by atoms with Crippen LogP contribution >= 0.6 is 11.8 Å². The lowest BCUT2D eigenvalue weighted by Crippen LogP contribution is -2.21. The van der Waals surface area contributed by atoms with Crippen molar-refractivity contribution in [2.24, 2.45) is 0 Å². The van der Waals surface area contributed by atoms with Gasteiger partial charge in [-0.2, -0.15) is 0 Å². The quantitative estimate of drug-likeness (QED) is 0.837. The molecular formula is C17H17NO2S. The van der Waals surface area contributed by atoms with Gasteiger partial charge in [-0.05, 0) is 24.6 Å². The van der Waals surface area contributed by atoms with E-state index >= 15 is 0 Å². The van der Waals surface area contributed by atoms with Crippen molar-refractivity contribution in [3.05, 3.63) is 42.0 Å². The average molecular weight is 299 g/mol. The SMILES string of the molecule is CCCCN1c2ccccc2Sc2cc(C=O)c(O)cc21. The summed E-state index contributed by atoms with van der Waals surface area (Å²) in [5.74, 6) is 0.0465. The Labute approximate surface area is 128 Å². The van der Waals surface area contributed by atoms with Gasteiger partial charge in [0.2, 0.25) is 0 Å². The van der Waals surface area contributed by atoms with Crippen LogP contribution in [0.1, 0.15) is 30.1 Å². The van der Waals surface area contributed by atoms with Crippen LogP contribution in [0.3, 0.4) is 0 Å². The monoisotopic (exact) mass is 299 g/mol. The molecule has 0 aromatic heterocycles. The number of hydrogen-bond donors (Lipinski definition) is 1. The second kappa shape index (κ2) is 5.82. The molecule has 0 saturated carbocycles. The van der Waals surface area contributed by atoms with Gasteiger partial charge in [-0.15, -0.1) is 0 Å². The molecule has 1 aliphatic rings. The van der Waals surface area contributed by atoms with Gasteiger partial charge in [0.1, 0.15) is 5.75 Å². The molecule has 2 aromatic rings. The molecule has 0 unspecified atom stereocenters. The molecule has 3 rings (SSSR count). The van der Waals surface area contributed by atoms with Gasteiger partial charge < -0.3 is 10.0 Å². The van der Waals surface area contributed by atoms with Crippen LogP contribution in [0.2, 0.25) is 0 Å². The number of fused-ring (bicyclic) bond motifs is 2. The molecule has 0 atom stereocenters. The molecular weight excluding hydrogens is 282 g/mol. The summed E-state index contributed by atoms with van der Waals surface area (Å²) in [6.45, 7) is 3.07. The van der Waals surface area contributed by atoms with E-state index in [0.717, 1.165) is 30.0 Å². The molecule has 0 aliphatic carbocycles. The van der Waals surface area contributed by atoms with Crippen molar-refractivity contribution >= 4 is 29.4 Å². The Morgan fingerprint density at radius 2 is 2.00 bits per heavy atom. The summed E-state index contributed by atoms with van der Waals surface area (Å²) in [4.78, 5) is 15.5. The van der Waals surface area contributed by atoms with Crippen molar-refractivity contribution < 1.29 is 9.90 Å². The maximum absolute atomic E-state index is 11.0. The fraction of sp³-hybridized carbons (Fsp3) is 0.235. The van der Waals surface area contributed by atoms with Gasteiger partial charge in [-0.1, -0.05) is 37.2 Å². The number of unbranched alkanes of at least 4 members (excludes halogenated alkanes) is 1. The van der Waals surface area contributed by atoms with Gasteiger partial charge in [0.25, 0.3) is 0 Å². The second-order valence-corrected chi connectivity index (χ2v) is 6.16. The van der Waals surface area contributed by atoms with E-state index in [1.165, 1.54) is 10.6 Å². The predicted octanol–water partition coefficient (Wildman–Crippen LogP) is 4.61. The highest BCUT2D eigenvalue weighted by atomic mass is 32.2. The second-order valence-electron chi connectivity index (χ2n) is 5.07. The fourth-order valence-corrected chi connectivity index (χ4v) is 3.66. The lowest BCUT2D eigenvalue weighted by Gasteiger charge is -2.33. The molecule has 21 heavy (non-hydrogen) atoms. The summed E-state index contributed by atoms with van der Waals surface area (Å²) in [6.07, 6.45) is 2.89. The van der Waals surface area contributed by atoms with Gasteiger partial charge in [-0.3, -0.25) is 4.79 Å². The predicted molar refractivity (Wildman–Crippen MR) is 86.0 cm³/mol. The smallest absolute Gasteiger partial charge is 0.153 e. The van der Waals surface area contributed by atoms with E-state index in [9.17, 15) is 9.90 Å². The third-order valence-electron chi connectivity index (χ3n) is 3.64. The minimum atomic E-state index is 0.0465. The van der Waals surface area contributed by atoms with Gasteiger partial charge >= 0.3 is 0 Å². The first-order valence-electron chi connectivity index (χ1n) is 7.11. The normalized spacial score (nSPS) is 12.7. The van der Waals surface area contributed by atoms with E-state index in [1.807, 2.05) is 12.1 Å². The number of anilines is 2. The molecule has 0 saturated heterocycles. The topological polar surface area (TPSA) is 40.5 Å². The van der Waals surface area contributed by atoms with E-state index in [0.29, 0.717) is 11.8 Å². The van der Waals surface area contributed by atoms with Crippen LogP contribution < -0.4 is 4.90 Å². The van der Waals surface area contributed by atoms with Gasteiger partial charge in [0, 0.05) is 22.4 Å². The lowest BCUT2D eigenvalue weighted by atomic mass is 10.1. The fourth-order valence-electron chi connectivity index (χ4n) is 2.53. The van der Waals surface area contributed by atoms with Gasteiger partial charge in [-0.25, -0.2) is 0 Å². The Kier molecular flexibility index (Phi) is 3.88. The Morgan fingerprint density at radius 3 is 2.76 bits per heavy atom. The van der Waals surface area contributed by atoms with E-state index in [4.69, 9.17) is 0 Å². The number of carbonyl (C=O) groups is 1. The minimum Gasteiger partial charge on any atom is -0.507 e. The summed E-state index contributed by atoms with van der Waals surface area (Å²) in [7, 11) is 0. The van der Waals surface area contributed by atoms with Crippen molar-refractivity contribution in [1.82, 2.24) is 0 Å². The van der Waals surface area contributed by atoms with Crippen LogP contribution in [-0.4, -0.2) is 17.9 Å². The largest absolute Gasteiger partial charge is 0.507 e. The summed E-state index contributed by atoms with van der Waals surface area (Å²) in [5.41, 5.74) is 2.49. The number of phenols is 1. The molecule has 3 nitrogen and oxygen atoms in total. The molecule has 4 heteroatoms. The molecule has 0 amide bonds. The molecule has 0 radical (unpaired) electrons. The van der Waals surface area contributed by atoms with E-state index in [-0.39, 0.29) is 5.75 Å². The first-order chi connectivity index (χ1) is 10.2. The molecule has 1 heterocycles. The van der Waals surface area contributed by atoms with E-state index < -0.39 is 0 Å². The highest BCUT2D eigenvalue weighted by molar-refractivity contribution is 7.99. The number of aromatic hydroxyl groups is 1. The highest BCUT2D eigenvalue weighted by Gasteiger charge is 2.24.